The Hall–Kier alpha value is -3.86. The number of anilines is 1. The van der Waals surface area contributed by atoms with Crippen LogP contribution in [0.5, 0.6) is 0 Å². The molecule has 11 heteroatoms. The van der Waals surface area contributed by atoms with Gasteiger partial charge in [-0.3, -0.25) is 19.7 Å². The number of aliphatic hydroxyl groups excluding tert-OH is 1. The van der Waals surface area contributed by atoms with Crippen molar-refractivity contribution in [2.24, 2.45) is 7.05 Å². The fourth-order valence-electron chi connectivity index (χ4n) is 6.37. The number of fused-ring (bicyclic) bond motifs is 2. The molecular weight excluding hydrogens is 609 g/mol. The number of amides is 1. The van der Waals surface area contributed by atoms with E-state index in [9.17, 15) is 9.90 Å². The van der Waals surface area contributed by atoms with E-state index in [-0.39, 0.29) is 12.0 Å². The average Bonchev–Trinajstić information content (AvgIpc) is 3.61. The van der Waals surface area contributed by atoms with Gasteiger partial charge in [0.25, 0.3) is 5.91 Å². The average molecular weight is 643 g/mol. The van der Waals surface area contributed by atoms with Crippen LogP contribution in [0.4, 0.5) is 5.69 Å². The predicted molar refractivity (Wildman–Crippen MR) is 177 cm³/mol. The Morgan fingerprint density at radius 2 is 1.93 bits per heavy atom. The maximum atomic E-state index is 13.3. The van der Waals surface area contributed by atoms with Crippen LogP contribution in [0, 0.1) is 0 Å². The van der Waals surface area contributed by atoms with E-state index in [1.54, 1.807) is 12.3 Å². The monoisotopic (exact) mass is 641 g/mol. The lowest BCUT2D eigenvalue weighted by Crippen LogP contribution is -2.24. The normalized spacial score (nSPS) is 16.7. The maximum absolute atomic E-state index is 13.3. The summed E-state index contributed by atoms with van der Waals surface area (Å²) in [7, 11) is 1.87. The molecule has 1 amide bonds. The zero-order valence-corrected chi connectivity index (χ0v) is 26.4. The van der Waals surface area contributed by atoms with Gasteiger partial charge in [0.1, 0.15) is 0 Å². The highest BCUT2D eigenvalue weighted by atomic mass is 35.5. The van der Waals surface area contributed by atoms with E-state index in [0.29, 0.717) is 46.6 Å². The Kier molecular flexibility index (Phi) is 8.29. The van der Waals surface area contributed by atoms with Crippen molar-refractivity contribution < 1.29 is 9.90 Å². The van der Waals surface area contributed by atoms with Gasteiger partial charge in [0, 0.05) is 87.2 Å². The summed E-state index contributed by atoms with van der Waals surface area (Å²) in [6.07, 6.45) is 5.57. The van der Waals surface area contributed by atoms with E-state index in [1.807, 2.05) is 54.2 Å². The molecule has 0 aliphatic carbocycles. The second-order valence-corrected chi connectivity index (χ2v) is 12.5. The highest BCUT2D eigenvalue weighted by Gasteiger charge is 2.24. The number of aromatic nitrogens is 4. The first-order valence-electron chi connectivity index (χ1n) is 15.1. The topological polar surface area (TPSA) is 108 Å². The summed E-state index contributed by atoms with van der Waals surface area (Å²) in [5.74, 6) is 0.0323. The number of imidazole rings is 1. The summed E-state index contributed by atoms with van der Waals surface area (Å²) in [6.45, 7) is 3.85. The van der Waals surface area contributed by atoms with E-state index < -0.39 is 0 Å². The molecule has 1 fully saturated rings. The second kappa shape index (κ2) is 12.5. The highest BCUT2D eigenvalue weighted by molar-refractivity contribution is 6.38. The van der Waals surface area contributed by atoms with Crippen molar-refractivity contribution in [1.29, 1.82) is 0 Å². The fourth-order valence-corrected chi connectivity index (χ4v) is 6.94. The van der Waals surface area contributed by atoms with Crippen molar-refractivity contribution >= 4 is 45.7 Å². The van der Waals surface area contributed by atoms with Gasteiger partial charge in [-0.1, -0.05) is 53.5 Å². The number of carbonyl (C=O) groups excluding carboxylic acids is 1. The Morgan fingerprint density at radius 1 is 1.11 bits per heavy atom. The third-order valence-electron chi connectivity index (χ3n) is 8.69. The van der Waals surface area contributed by atoms with Gasteiger partial charge < -0.3 is 20.3 Å². The number of carbonyl (C=O) groups is 1. The quantitative estimate of drug-likeness (QED) is 0.219. The van der Waals surface area contributed by atoms with E-state index in [1.165, 1.54) is 0 Å². The number of nitrogens with one attached hydrogen (secondary N) is 2. The number of benzene rings is 2. The number of aliphatic hydroxyl groups is 1. The lowest BCUT2D eigenvalue weighted by molar-refractivity contribution is 0.101. The molecule has 0 unspecified atom stereocenters. The van der Waals surface area contributed by atoms with E-state index >= 15 is 0 Å². The van der Waals surface area contributed by atoms with Gasteiger partial charge >= 0.3 is 0 Å². The summed E-state index contributed by atoms with van der Waals surface area (Å²) in [5, 5.41) is 18.1. The first-order valence-corrected chi connectivity index (χ1v) is 15.9. The van der Waals surface area contributed by atoms with Crippen LogP contribution in [0.25, 0.3) is 22.0 Å². The van der Waals surface area contributed by atoms with E-state index in [2.05, 4.69) is 31.6 Å². The molecule has 3 aromatic heterocycles. The number of nitrogens with zero attached hydrogens (tertiary/aromatic N) is 5. The summed E-state index contributed by atoms with van der Waals surface area (Å²) in [6, 6.07) is 15.5. The van der Waals surface area contributed by atoms with Gasteiger partial charge in [0.2, 0.25) is 0 Å². The first kappa shape index (κ1) is 29.8. The lowest BCUT2D eigenvalue weighted by atomic mass is 9.99. The van der Waals surface area contributed by atoms with Crippen molar-refractivity contribution in [2.75, 3.05) is 25.0 Å². The lowest BCUT2D eigenvalue weighted by Gasteiger charge is -2.16. The Morgan fingerprint density at radius 3 is 2.73 bits per heavy atom. The van der Waals surface area contributed by atoms with Gasteiger partial charge in [0.05, 0.1) is 38.7 Å². The molecule has 45 heavy (non-hydrogen) atoms. The number of hydrogen-bond donors (Lipinski definition) is 3. The number of β-amino-alcohol motifs (C(OH)–C–C–N with tert-alkyl or cyclic N) is 1. The third-order valence-corrected chi connectivity index (χ3v) is 9.54. The molecule has 5 heterocycles. The van der Waals surface area contributed by atoms with Crippen LogP contribution in [-0.2, 0) is 33.0 Å². The van der Waals surface area contributed by atoms with Crippen molar-refractivity contribution in [3.63, 3.8) is 0 Å². The van der Waals surface area contributed by atoms with Crippen molar-refractivity contribution in [3.8, 4) is 11.1 Å². The summed E-state index contributed by atoms with van der Waals surface area (Å²) in [4.78, 5) is 29.6. The van der Waals surface area contributed by atoms with Crippen LogP contribution in [0.2, 0.25) is 10.0 Å². The number of hydrogen-bond acceptors (Lipinski definition) is 7. The fraction of sp³-hybridized carbons (Fsp3) is 0.294. The van der Waals surface area contributed by atoms with Crippen molar-refractivity contribution in [1.82, 2.24) is 29.7 Å². The SMILES string of the molecule is Cn1c(C(=O)Nc2cccc(-c3cccc(Cc4nccc5cc(CN6CC[C@@H](O)C6)cnc45)c3Cl)c2Cl)nc2c1CCNC2. The minimum absolute atomic E-state index is 0.250. The van der Waals surface area contributed by atoms with E-state index in [4.69, 9.17) is 28.2 Å². The van der Waals surface area contributed by atoms with Gasteiger partial charge in [-0.2, -0.15) is 0 Å². The minimum Gasteiger partial charge on any atom is -0.392 e. The molecule has 0 bridgehead atoms. The largest absolute Gasteiger partial charge is 0.392 e. The number of halogens is 2. The summed E-state index contributed by atoms with van der Waals surface area (Å²) < 4.78 is 1.86. The number of likely N-dealkylation sites (tertiary alicyclic amines) is 1. The zero-order chi connectivity index (χ0) is 31.1. The first-order chi connectivity index (χ1) is 21.9. The van der Waals surface area contributed by atoms with Crippen molar-refractivity contribution in [2.45, 2.75) is 38.5 Å². The molecular formula is C34H33Cl2N7O2. The standard InChI is InChI=1S/C34H33Cl2N7O2/c1-42-29-9-11-37-17-28(29)40-33(42)34(45)41-26-7-3-6-25(31(26)36)24-5-2-4-21(30(24)35)15-27-32-22(8-12-38-27)14-20(16-39-32)18-43-13-10-23(44)19-43/h2-8,12,14,16,23,37,44H,9-11,13,15,17-19H2,1H3,(H,41,45)/t23-/m1/s1. The molecule has 230 valence electrons. The zero-order valence-electron chi connectivity index (χ0n) is 24.9. The van der Waals surface area contributed by atoms with Crippen LogP contribution < -0.4 is 10.6 Å². The van der Waals surface area contributed by atoms with Gasteiger partial charge in [-0.15, -0.1) is 0 Å². The molecule has 0 spiro atoms. The molecule has 0 radical (unpaired) electrons. The molecule has 1 saturated heterocycles. The van der Waals surface area contributed by atoms with Gasteiger partial charge in [0.15, 0.2) is 5.82 Å². The number of pyridine rings is 2. The highest BCUT2D eigenvalue weighted by Crippen LogP contribution is 2.39. The summed E-state index contributed by atoms with van der Waals surface area (Å²) >= 11 is 14.0. The van der Waals surface area contributed by atoms with Crippen LogP contribution in [0.3, 0.4) is 0 Å². The Bertz CT molecular complexity index is 1920. The molecule has 9 nitrogen and oxygen atoms in total. The van der Waals surface area contributed by atoms with Crippen LogP contribution in [0.15, 0.2) is 60.9 Å². The smallest absolute Gasteiger partial charge is 0.291 e. The van der Waals surface area contributed by atoms with Gasteiger partial charge in [-0.25, -0.2) is 4.98 Å². The molecule has 2 aliphatic rings. The number of rotatable bonds is 7. The van der Waals surface area contributed by atoms with Crippen LogP contribution in [0.1, 0.15) is 45.2 Å². The Labute approximate surface area is 271 Å². The van der Waals surface area contributed by atoms with Gasteiger partial charge in [-0.05, 0) is 35.7 Å². The Balaban J connectivity index is 1.13. The maximum Gasteiger partial charge on any atom is 0.291 e. The van der Waals surface area contributed by atoms with Crippen LogP contribution in [-0.4, -0.2) is 61.2 Å². The minimum atomic E-state index is -0.318. The van der Waals surface area contributed by atoms with Crippen molar-refractivity contribution in [3.05, 3.63) is 105 Å². The second-order valence-electron chi connectivity index (χ2n) is 11.7. The third kappa shape index (κ3) is 5.94. The van der Waals surface area contributed by atoms with Crippen LogP contribution >= 0.6 is 23.2 Å². The van der Waals surface area contributed by atoms with E-state index in [0.717, 1.165) is 77.2 Å². The molecule has 2 aromatic carbocycles. The summed E-state index contributed by atoms with van der Waals surface area (Å²) in [5.41, 5.74) is 7.59. The molecule has 3 N–H and O–H groups in total. The molecule has 7 rings (SSSR count). The molecule has 5 aromatic rings. The predicted octanol–water partition coefficient (Wildman–Crippen LogP) is 5.39. The molecule has 2 aliphatic heterocycles. The molecule has 1 atom stereocenters. The molecule has 0 saturated carbocycles.